The van der Waals surface area contributed by atoms with Gasteiger partial charge >= 0.3 is 0 Å². The van der Waals surface area contributed by atoms with E-state index in [0.717, 1.165) is 0 Å². The predicted molar refractivity (Wildman–Crippen MR) is 82.9 cm³/mol. The zero-order valence-electron chi connectivity index (χ0n) is 12.9. The molecule has 7 heteroatoms. The molecule has 0 saturated heterocycles. The van der Waals surface area contributed by atoms with E-state index in [1.807, 2.05) is 0 Å². The average Bonchev–Trinajstić information content (AvgIpc) is 3.16. The molecule has 0 spiro atoms. The van der Waals surface area contributed by atoms with Crippen LogP contribution in [0, 0.1) is 6.92 Å². The summed E-state index contributed by atoms with van der Waals surface area (Å²) in [6.07, 6.45) is 1.55. The van der Waals surface area contributed by atoms with Gasteiger partial charge in [0.05, 0.1) is 29.0 Å². The van der Waals surface area contributed by atoms with Crippen LogP contribution in [0.3, 0.4) is 0 Å². The molecule has 3 rings (SSSR count). The third-order valence-electron chi connectivity index (χ3n) is 3.48. The fraction of sp³-hybridized carbons (Fsp3) is 0.312. The number of nitrogens with zero attached hydrogens (tertiary/aromatic N) is 2. The van der Waals surface area contributed by atoms with Crippen molar-refractivity contribution in [1.82, 2.24) is 15.5 Å². The summed E-state index contributed by atoms with van der Waals surface area (Å²) < 4.78 is 10.5. The number of rotatable bonds is 5. The molecule has 0 radical (unpaired) electrons. The van der Waals surface area contributed by atoms with Crippen molar-refractivity contribution in [2.45, 2.75) is 26.4 Å². The van der Waals surface area contributed by atoms with E-state index in [4.69, 9.17) is 8.94 Å². The van der Waals surface area contributed by atoms with E-state index in [-0.39, 0.29) is 11.6 Å². The number of amides is 1. The Kier molecular flexibility index (Phi) is 4.12. The van der Waals surface area contributed by atoms with Gasteiger partial charge in [0, 0.05) is 6.54 Å². The molecule has 0 saturated carbocycles. The molecule has 3 heterocycles. The number of furan rings is 1. The largest absolute Gasteiger partial charge is 0.463 e. The van der Waals surface area contributed by atoms with Crippen molar-refractivity contribution in [1.29, 1.82) is 0 Å². The summed E-state index contributed by atoms with van der Waals surface area (Å²) in [5, 5.41) is 16.5. The molecule has 3 aromatic heterocycles. The summed E-state index contributed by atoms with van der Waals surface area (Å²) in [5.41, 5.74) is 1.81. The van der Waals surface area contributed by atoms with Crippen LogP contribution in [0.25, 0.3) is 22.6 Å². The van der Waals surface area contributed by atoms with Crippen molar-refractivity contribution in [2.75, 3.05) is 6.54 Å². The number of nitrogens with one attached hydrogen (secondary N) is 1. The Bertz CT molecular complexity index is 821. The lowest BCUT2D eigenvalue weighted by molar-refractivity contribution is 0.0947. The van der Waals surface area contributed by atoms with Gasteiger partial charge in [0.2, 0.25) is 0 Å². The molecule has 0 aliphatic rings. The van der Waals surface area contributed by atoms with Crippen LogP contribution >= 0.6 is 0 Å². The number of hydrogen-bond donors (Lipinski definition) is 2. The van der Waals surface area contributed by atoms with Gasteiger partial charge in [-0.2, -0.15) is 0 Å². The van der Waals surface area contributed by atoms with Gasteiger partial charge in [-0.15, -0.1) is 0 Å². The molecule has 0 fully saturated rings. The SMILES string of the molecule is Cc1noc2nc(-c3ccco3)cc(C(=O)NCCC(C)O)c12. The number of aliphatic hydroxyl groups is 1. The van der Waals surface area contributed by atoms with Crippen molar-refractivity contribution < 1.29 is 18.8 Å². The average molecular weight is 315 g/mol. The number of pyridine rings is 1. The van der Waals surface area contributed by atoms with Crippen molar-refractivity contribution in [2.24, 2.45) is 0 Å². The van der Waals surface area contributed by atoms with Gasteiger partial charge in [-0.3, -0.25) is 4.79 Å². The molecule has 0 aromatic carbocycles. The lowest BCUT2D eigenvalue weighted by atomic mass is 10.1. The molecule has 3 aromatic rings. The summed E-state index contributed by atoms with van der Waals surface area (Å²) in [6.45, 7) is 3.81. The second-order valence-electron chi connectivity index (χ2n) is 5.37. The Morgan fingerprint density at radius 1 is 1.48 bits per heavy atom. The highest BCUT2D eigenvalue weighted by atomic mass is 16.5. The number of aryl methyl sites for hydroxylation is 1. The number of carbonyl (C=O) groups excluding carboxylic acids is 1. The van der Waals surface area contributed by atoms with Gasteiger partial charge in [-0.1, -0.05) is 5.16 Å². The van der Waals surface area contributed by atoms with E-state index < -0.39 is 6.10 Å². The Balaban J connectivity index is 1.99. The maximum absolute atomic E-state index is 12.5. The van der Waals surface area contributed by atoms with Crippen molar-refractivity contribution in [3.8, 4) is 11.5 Å². The number of carbonyl (C=O) groups is 1. The fourth-order valence-corrected chi connectivity index (χ4v) is 2.31. The van der Waals surface area contributed by atoms with E-state index in [1.54, 1.807) is 32.0 Å². The molecule has 0 aliphatic heterocycles. The Labute approximate surface area is 132 Å². The normalized spacial score (nSPS) is 12.5. The second kappa shape index (κ2) is 6.21. The smallest absolute Gasteiger partial charge is 0.259 e. The van der Waals surface area contributed by atoms with Gasteiger partial charge in [0.25, 0.3) is 11.6 Å². The minimum atomic E-state index is -0.469. The van der Waals surface area contributed by atoms with Crippen molar-refractivity contribution in [3.05, 3.63) is 35.7 Å². The van der Waals surface area contributed by atoms with Crippen LogP contribution in [-0.4, -0.2) is 33.8 Å². The fourth-order valence-electron chi connectivity index (χ4n) is 2.31. The lowest BCUT2D eigenvalue weighted by Gasteiger charge is -2.08. The van der Waals surface area contributed by atoms with Crippen LogP contribution in [0.5, 0.6) is 0 Å². The molecule has 2 N–H and O–H groups in total. The van der Waals surface area contributed by atoms with Crippen molar-refractivity contribution >= 4 is 17.0 Å². The first-order valence-electron chi connectivity index (χ1n) is 7.33. The highest BCUT2D eigenvalue weighted by Gasteiger charge is 2.20. The molecule has 1 amide bonds. The summed E-state index contributed by atoms with van der Waals surface area (Å²) >= 11 is 0. The Hall–Kier alpha value is -2.67. The van der Waals surface area contributed by atoms with Crippen LogP contribution < -0.4 is 5.32 Å². The molecule has 0 bridgehead atoms. The zero-order chi connectivity index (χ0) is 16.4. The van der Waals surface area contributed by atoms with E-state index in [9.17, 15) is 9.90 Å². The van der Waals surface area contributed by atoms with E-state index in [2.05, 4.69) is 15.5 Å². The molecular weight excluding hydrogens is 298 g/mol. The Morgan fingerprint density at radius 2 is 2.30 bits per heavy atom. The molecule has 120 valence electrons. The maximum atomic E-state index is 12.5. The van der Waals surface area contributed by atoms with Crippen molar-refractivity contribution in [3.63, 3.8) is 0 Å². The topological polar surface area (TPSA) is 101 Å². The highest BCUT2D eigenvalue weighted by molar-refractivity contribution is 6.06. The first-order valence-corrected chi connectivity index (χ1v) is 7.33. The van der Waals surface area contributed by atoms with Crippen LogP contribution in [0.4, 0.5) is 0 Å². The molecule has 1 atom stereocenters. The van der Waals surface area contributed by atoms with E-state index >= 15 is 0 Å². The first-order chi connectivity index (χ1) is 11.1. The number of hydrogen-bond acceptors (Lipinski definition) is 6. The predicted octanol–water partition coefficient (Wildman–Crippen LogP) is 2.29. The molecule has 7 nitrogen and oxygen atoms in total. The molecule has 0 aliphatic carbocycles. The monoisotopic (exact) mass is 315 g/mol. The second-order valence-corrected chi connectivity index (χ2v) is 5.37. The summed E-state index contributed by atoms with van der Waals surface area (Å²) in [7, 11) is 0. The highest BCUT2D eigenvalue weighted by Crippen LogP contribution is 2.27. The molecule has 23 heavy (non-hydrogen) atoms. The number of aromatic nitrogens is 2. The van der Waals surface area contributed by atoms with Gasteiger partial charge in [-0.25, -0.2) is 4.98 Å². The summed E-state index contributed by atoms with van der Waals surface area (Å²) in [5.74, 6) is 0.274. The standard InChI is InChI=1S/C16H17N3O4/c1-9(20)5-6-17-15(21)11-8-12(13-4-3-7-22-13)18-16-14(11)10(2)19-23-16/h3-4,7-9,20H,5-6H2,1-2H3,(H,17,21). The number of fused-ring (bicyclic) bond motifs is 1. The van der Waals surface area contributed by atoms with E-state index in [0.29, 0.717) is 41.1 Å². The maximum Gasteiger partial charge on any atom is 0.259 e. The third-order valence-corrected chi connectivity index (χ3v) is 3.48. The minimum absolute atomic E-state index is 0.267. The Morgan fingerprint density at radius 3 is 3.00 bits per heavy atom. The lowest BCUT2D eigenvalue weighted by Crippen LogP contribution is -2.26. The summed E-state index contributed by atoms with van der Waals surface area (Å²) in [6, 6.07) is 5.16. The van der Waals surface area contributed by atoms with Crippen LogP contribution in [0.1, 0.15) is 29.4 Å². The van der Waals surface area contributed by atoms with Gasteiger partial charge in [0.15, 0.2) is 5.76 Å². The van der Waals surface area contributed by atoms with Crippen LogP contribution in [0.15, 0.2) is 33.4 Å². The van der Waals surface area contributed by atoms with E-state index in [1.165, 1.54) is 6.26 Å². The van der Waals surface area contributed by atoms with Crippen LogP contribution in [0.2, 0.25) is 0 Å². The zero-order valence-corrected chi connectivity index (χ0v) is 12.9. The molecule has 1 unspecified atom stereocenters. The molecular formula is C16H17N3O4. The quantitative estimate of drug-likeness (QED) is 0.749. The number of aliphatic hydroxyl groups excluding tert-OH is 1. The first kappa shape index (κ1) is 15.2. The summed E-state index contributed by atoms with van der Waals surface area (Å²) in [4.78, 5) is 16.8. The van der Waals surface area contributed by atoms with Gasteiger partial charge < -0.3 is 19.4 Å². The van der Waals surface area contributed by atoms with Gasteiger partial charge in [-0.05, 0) is 38.5 Å². The van der Waals surface area contributed by atoms with Crippen LogP contribution in [-0.2, 0) is 0 Å². The third kappa shape index (κ3) is 3.09. The van der Waals surface area contributed by atoms with Gasteiger partial charge in [0.1, 0.15) is 5.69 Å². The minimum Gasteiger partial charge on any atom is -0.463 e.